The van der Waals surface area contributed by atoms with E-state index in [0.29, 0.717) is 0 Å². The van der Waals surface area contributed by atoms with Gasteiger partial charge in [-0.25, -0.2) is 0 Å². The minimum absolute atomic E-state index is 0.742. The molecule has 3 rings (SSSR count). The second-order valence-electron chi connectivity index (χ2n) is 4.81. The summed E-state index contributed by atoms with van der Waals surface area (Å²) in [6, 6.07) is 8.18. The van der Waals surface area contributed by atoms with E-state index in [1.54, 1.807) is 0 Å². The molecule has 0 N–H and O–H groups in total. The van der Waals surface area contributed by atoms with Crippen molar-refractivity contribution in [3.05, 3.63) is 41.8 Å². The lowest BCUT2D eigenvalue weighted by Crippen LogP contribution is -2.23. The van der Waals surface area contributed by atoms with Crippen LogP contribution in [0.15, 0.2) is 24.3 Å². The third-order valence-corrected chi connectivity index (χ3v) is 4.02. The van der Waals surface area contributed by atoms with Gasteiger partial charge in [0.15, 0.2) is 0 Å². The fourth-order valence-electron chi connectivity index (χ4n) is 2.71. The summed E-state index contributed by atoms with van der Waals surface area (Å²) < 4.78 is 0. The van der Waals surface area contributed by atoms with Gasteiger partial charge in [-0.15, -0.1) is 0 Å². The summed E-state index contributed by atoms with van der Waals surface area (Å²) in [7, 11) is 0. The maximum atomic E-state index is 5.86. The molecule has 1 aliphatic heterocycles. The second kappa shape index (κ2) is 3.50. The van der Waals surface area contributed by atoms with Crippen molar-refractivity contribution in [2.75, 3.05) is 13.1 Å². The van der Waals surface area contributed by atoms with Gasteiger partial charge in [0.25, 0.3) is 0 Å². The molecule has 1 radical (unpaired) electrons. The highest BCUT2D eigenvalue weighted by Crippen LogP contribution is 2.51. The number of halogens is 1. The third kappa shape index (κ3) is 1.79. The van der Waals surface area contributed by atoms with Crippen LogP contribution in [-0.2, 0) is 6.54 Å². The first-order valence-corrected chi connectivity index (χ1v) is 5.92. The molecule has 1 saturated heterocycles. The summed E-state index contributed by atoms with van der Waals surface area (Å²) in [5.74, 6) is 2.51. The van der Waals surface area contributed by atoms with Gasteiger partial charge in [0.1, 0.15) is 0 Å². The number of piperidine rings is 1. The summed E-state index contributed by atoms with van der Waals surface area (Å²) in [5.41, 5.74) is 1.36. The molecule has 2 heteroatoms. The van der Waals surface area contributed by atoms with Gasteiger partial charge in [-0.1, -0.05) is 23.7 Å². The lowest BCUT2D eigenvalue weighted by atomic mass is 10.2. The molecule has 1 aromatic carbocycles. The predicted octanol–water partition coefficient (Wildman–Crippen LogP) is 2.85. The third-order valence-electron chi connectivity index (χ3n) is 3.77. The summed E-state index contributed by atoms with van der Waals surface area (Å²) in [6.45, 7) is 7.68. The Balaban J connectivity index is 1.60. The molecule has 2 fully saturated rings. The molecule has 1 aromatic rings. The van der Waals surface area contributed by atoms with Crippen LogP contribution in [0.4, 0.5) is 0 Å². The van der Waals surface area contributed by atoms with Gasteiger partial charge in [-0.05, 0) is 42.4 Å². The number of nitrogens with zero attached hydrogens (tertiary/aromatic N) is 1. The molecule has 2 aliphatic rings. The van der Waals surface area contributed by atoms with Crippen molar-refractivity contribution in [2.24, 2.45) is 17.8 Å². The Morgan fingerprint density at radius 1 is 1.20 bits per heavy atom. The second-order valence-corrected chi connectivity index (χ2v) is 5.25. The first-order chi connectivity index (χ1) is 7.24. The van der Waals surface area contributed by atoms with Crippen LogP contribution in [0.1, 0.15) is 5.56 Å². The maximum Gasteiger partial charge on any atom is 0.0406 e. The highest BCUT2D eigenvalue weighted by atomic mass is 35.5. The van der Waals surface area contributed by atoms with E-state index in [1.807, 2.05) is 12.1 Å². The molecule has 1 aliphatic carbocycles. The van der Waals surface area contributed by atoms with Crippen LogP contribution in [0, 0.1) is 24.7 Å². The van der Waals surface area contributed by atoms with Gasteiger partial charge in [0.05, 0.1) is 0 Å². The van der Waals surface area contributed by atoms with E-state index in [4.69, 9.17) is 11.6 Å². The van der Waals surface area contributed by atoms with E-state index in [1.165, 1.54) is 18.7 Å². The number of likely N-dealkylation sites (tertiary alicyclic amines) is 1. The first-order valence-electron chi connectivity index (χ1n) is 5.54. The zero-order valence-electron chi connectivity index (χ0n) is 8.70. The van der Waals surface area contributed by atoms with Crippen molar-refractivity contribution in [3.63, 3.8) is 0 Å². The van der Waals surface area contributed by atoms with Gasteiger partial charge >= 0.3 is 0 Å². The van der Waals surface area contributed by atoms with Crippen molar-refractivity contribution in [3.8, 4) is 0 Å². The van der Waals surface area contributed by atoms with Crippen LogP contribution < -0.4 is 0 Å². The number of hydrogen-bond donors (Lipinski definition) is 0. The summed E-state index contributed by atoms with van der Waals surface area (Å²) in [4.78, 5) is 2.53. The molecule has 0 aromatic heterocycles. The highest BCUT2D eigenvalue weighted by Gasteiger charge is 2.52. The summed E-state index contributed by atoms with van der Waals surface area (Å²) in [6.07, 6.45) is 0. The smallest absolute Gasteiger partial charge is 0.0406 e. The molecule has 0 amide bonds. The SMILES string of the molecule is [CH2]C1C2CN(Cc3ccc(Cl)cc3)CC12. The Morgan fingerprint density at radius 2 is 1.80 bits per heavy atom. The zero-order chi connectivity index (χ0) is 10.4. The largest absolute Gasteiger partial charge is 0.298 e. The lowest BCUT2D eigenvalue weighted by molar-refractivity contribution is 0.286. The van der Waals surface area contributed by atoms with Gasteiger partial charge in [0, 0.05) is 24.7 Å². The quantitative estimate of drug-likeness (QED) is 0.741. The minimum Gasteiger partial charge on any atom is -0.298 e. The molecule has 0 bridgehead atoms. The van der Waals surface area contributed by atoms with E-state index < -0.39 is 0 Å². The number of benzene rings is 1. The molecule has 1 nitrogen and oxygen atoms in total. The molecule has 0 spiro atoms. The average molecular weight is 221 g/mol. The molecule has 79 valence electrons. The fourth-order valence-corrected chi connectivity index (χ4v) is 2.84. The van der Waals surface area contributed by atoms with Crippen molar-refractivity contribution < 1.29 is 0 Å². The standard InChI is InChI=1S/C13H15ClN/c1-9-12-7-15(8-13(9)12)6-10-2-4-11(14)5-3-10/h2-5,9,12-13H,1,6-8H2. The van der Waals surface area contributed by atoms with Crippen molar-refractivity contribution in [2.45, 2.75) is 6.54 Å². The first kappa shape index (κ1) is 9.68. The van der Waals surface area contributed by atoms with Crippen molar-refractivity contribution in [1.82, 2.24) is 4.90 Å². The lowest BCUT2D eigenvalue weighted by Gasteiger charge is -2.18. The van der Waals surface area contributed by atoms with Gasteiger partial charge in [-0.3, -0.25) is 4.90 Å². The summed E-state index contributed by atoms with van der Waals surface area (Å²) >= 11 is 5.86. The van der Waals surface area contributed by atoms with Crippen LogP contribution >= 0.6 is 11.6 Å². The molecule has 1 heterocycles. The Labute approximate surface area is 96.0 Å². The number of fused-ring (bicyclic) bond motifs is 1. The monoisotopic (exact) mass is 220 g/mol. The Bertz CT molecular complexity index is 347. The molecule has 2 unspecified atom stereocenters. The number of rotatable bonds is 2. The number of hydrogen-bond acceptors (Lipinski definition) is 1. The maximum absolute atomic E-state index is 5.86. The molecule has 1 saturated carbocycles. The van der Waals surface area contributed by atoms with Crippen LogP contribution in [0.3, 0.4) is 0 Å². The van der Waals surface area contributed by atoms with Crippen LogP contribution in [0.5, 0.6) is 0 Å². The minimum atomic E-state index is 0.742. The fraction of sp³-hybridized carbons (Fsp3) is 0.462. The predicted molar refractivity (Wildman–Crippen MR) is 62.6 cm³/mol. The van der Waals surface area contributed by atoms with E-state index in [0.717, 1.165) is 29.3 Å². The Kier molecular flexibility index (Phi) is 2.26. The van der Waals surface area contributed by atoms with E-state index in [9.17, 15) is 0 Å². The molecular formula is C13H15ClN. The van der Waals surface area contributed by atoms with Gasteiger partial charge < -0.3 is 0 Å². The van der Waals surface area contributed by atoms with E-state index in [2.05, 4.69) is 24.0 Å². The zero-order valence-corrected chi connectivity index (χ0v) is 9.45. The van der Waals surface area contributed by atoms with Gasteiger partial charge in [-0.2, -0.15) is 0 Å². The van der Waals surface area contributed by atoms with Crippen molar-refractivity contribution in [1.29, 1.82) is 0 Å². The topological polar surface area (TPSA) is 3.24 Å². The van der Waals surface area contributed by atoms with Crippen LogP contribution in [0.25, 0.3) is 0 Å². The molecule has 2 atom stereocenters. The van der Waals surface area contributed by atoms with Crippen LogP contribution in [0.2, 0.25) is 5.02 Å². The molecule has 15 heavy (non-hydrogen) atoms. The normalized spacial score (nSPS) is 34.1. The van der Waals surface area contributed by atoms with Crippen LogP contribution in [-0.4, -0.2) is 18.0 Å². The van der Waals surface area contributed by atoms with E-state index in [-0.39, 0.29) is 0 Å². The Morgan fingerprint density at radius 3 is 2.40 bits per heavy atom. The average Bonchev–Trinajstić information content (AvgIpc) is 2.66. The van der Waals surface area contributed by atoms with Gasteiger partial charge in [0.2, 0.25) is 0 Å². The summed E-state index contributed by atoms with van der Waals surface area (Å²) in [5, 5.41) is 0.820. The Hall–Kier alpha value is -0.530. The molecular weight excluding hydrogens is 206 g/mol. The van der Waals surface area contributed by atoms with Crippen molar-refractivity contribution >= 4 is 11.6 Å². The highest BCUT2D eigenvalue weighted by molar-refractivity contribution is 6.30. The van der Waals surface area contributed by atoms with E-state index >= 15 is 0 Å².